The molecule has 0 aromatic rings. The Morgan fingerprint density at radius 3 is 0.875 bits per heavy atom. The van der Waals surface area contributed by atoms with E-state index < -0.39 is 8.60 Å². The monoisotopic (exact) mass is 287 g/mol. The Kier molecular flexibility index (Phi) is 45.6. The Morgan fingerprint density at radius 1 is 0.688 bits per heavy atom. The molecule has 0 saturated heterocycles. The van der Waals surface area contributed by atoms with Crippen LogP contribution in [0.25, 0.3) is 0 Å². The van der Waals surface area contributed by atoms with Crippen molar-refractivity contribution in [1.82, 2.24) is 0 Å². The quantitative estimate of drug-likeness (QED) is 0.436. The molecule has 0 rings (SSSR count). The van der Waals surface area contributed by atoms with E-state index in [0.717, 1.165) is 0 Å². The summed E-state index contributed by atoms with van der Waals surface area (Å²) in [6, 6.07) is 0. The predicted octanol–water partition coefficient (Wildman–Crippen LogP) is 3.87. The van der Waals surface area contributed by atoms with Crippen molar-refractivity contribution in [2.75, 3.05) is 21.3 Å². The molecule has 0 atom stereocenters. The first-order valence-electron chi connectivity index (χ1n) is 4.07. The number of allylic oxidation sites excluding steroid dienone is 4. The van der Waals surface area contributed by atoms with Gasteiger partial charge in [-0.25, -0.2) is 0 Å². The van der Waals surface area contributed by atoms with Crippen LogP contribution in [0.1, 0.15) is 0 Å². The van der Waals surface area contributed by atoms with Crippen LogP contribution in [0.15, 0.2) is 50.6 Å². The van der Waals surface area contributed by atoms with Crippen molar-refractivity contribution in [2.24, 2.45) is 0 Å². The normalized spacial score (nSPS) is 7.00. The fraction of sp³-hybridized carbons (Fsp3) is 0.273. The summed E-state index contributed by atoms with van der Waals surface area (Å²) in [6.45, 7) is 13.4. The van der Waals surface area contributed by atoms with Gasteiger partial charge in [0.1, 0.15) is 0 Å². The zero-order valence-corrected chi connectivity index (χ0v) is 12.3. The van der Waals surface area contributed by atoms with Crippen molar-refractivity contribution in [1.29, 1.82) is 0 Å². The Labute approximate surface area is 111 Å². The van der Waals surface area contributed by atoms with Crippen molar-refractivity contribution < 1.29 is 30.6 Å². The molecule has 0 N–H and O–H groups in total. The largest absolute Gasteiger partial charge is 0.331 e. The minimum absolute atomic E-state index is 0. The molecule has 1 radical (unpaired) electrons. The van der Waals surface area contributed by atoms with Gasteiger partial charge in [0.15, 0.2) is 0 Å². The van der Waals surface area contributed by atoms with Crippen molar-refractivity contribution in [3.63, 3.8) is 0 Å². The second-order valence-electron chi connectivity index (χ2n) is 1.71. The molecule has 95 valence electrons. The van der Waals surface area contributed by atoms with Crippen LogP contribution in [-0.2, 0) is 30.6 Å². The standard InChI is InChI=1S/2C4H6.C3H9O3P.Mn/c2*1-3-4-2;1-4-7(5-2)6-3;/h2*3-4H,1-2H2;1-3H3;. The average molecular weight is 287 g/mol. The van der Waals surface area contributed by atoms with Gasteiger partial charge in [0.05, 0.1) is 0 Å². The molecular formula is C11H21MnO3P. The third-order valence-corrected chi connectivity index (χ3v) is 1.67. The van der Waals surface area contributed by atoms with Crippen LogP contribution in [0.3, 0.4) is 0 Å². The van der Waals surface area contributed by atoms with Gasteiger partial charge < -0.3 is 13.6 Å². The molecule has 0 heterocycles. The molecule has 0 spiro atoms. The van der Waals surface area contributed by atoms with Crippen LogP contribution < -0.4 is 0 Å². The van der Waals surface area contributed by atoms with E-state index in [1.807, 2.05) is 0 Å². The molecule has 0 fully saturated rings. The summed E-state index contributed by atoms with van der Waals surface area (Å²) < 4.78 is 14.0. The van der Waals surface area contributed by atoms with E-state index in [1.165, 1.54) is 0 Å². The molecule has 3 nitrogen and oxygen atoms in total. The van der Waals surface area contributed by atoms with Crippen LogP contribution >= 0.6 is 8.60 Å². The molecule has 5 heteroatoms. The van der Waals surface area contributed by atoms with E-state index in [2.05, 4.69) is 39.9 Å². The summed E-state index contributed by atoms with van der Waals surface area (Å²) in [5.41, 5.74) is 0. The molecule has 0 aliphatic heterocycles. The van der Waals surface area contributed by atoms with Crippen LogP contribution in [-0.4, -0.2) is 21.3 Å². The molecule has 0 bridgehead atoms. The molecule has 0 aromatic heterocycles. The van der Waals surface area contributed by atoms with Gasteiger partial charge in [-0.05, 0) is 0 Å². The second-order valence-corrected chi connectivity index (χ2v) is 3.26. The van der Waals surface area contributed by atoms with Crippen LogP contribution in [0, 0.1) is 0 Å². The molecule has 0 aromatic carbocycles. The van der Waals surface area contributed by atoms with Crippen molar-refractivity contribution >= 4 is 8.60 Å². The zero-order chi connectivity index (χ0) is 12.5. The fourth-order valence-corrected chi connectivity index (χ4v) is 0.671. The summed E-state index contributed by atoms with van der Waals surface area (Å²) in [5.74, 6) is 0. The minimum Gasteiger partial charge on any atom is -0.316 e. The molecule has 0 aliphatic carbocycles. The van der Waals surface area contributed by atoms with Crippen molar-refractivity contribution in [2.45, 2.75) is 0 Å². The summed E-state index contributed by atoms with van der Waals surface area (Å²) in [4.78, 5) is 0. The van der Waals surface area contributed by atoms with E-state index in [0.29, 0.717) is 0 Å². The number of rotatable bonds is 5. The smallest absolute Gasteiger partial charge is 0.316 e. The predicted molar refractivity (Wildman–Crippen MR) is 68.7 cm³/mol. The minimum atomic E-state index is -1.05. The maximum absolute atomic E-state index is 4.67. The SMILES string of the molecule is C=CC=C.C=CC=C.COP(OC)OC.[Mn]. The van der Waals surface area contributed by atoms with Gasteiger partial charge in [0.25, 0.3) is 0 Å². The molecule has 0 saturated carbocycles. The first kappa shape index (κ1) is 24.8. The summed E-state index contributed by atoms with van der Waals surface area (Å²) in [7, 11) is 3.57. The third kappa shape index (κ3) is 37.2. The molecule has 0 unspecified atom stereocenters. The van der Waals surface area contributed by atoms with E-state index in [4.69, 9.17) is 0 Å². The van der Waals surface area contributed by atoms with Gasteiger partial charge >= 0.3 is 8.60 Å². The maximum atomic E-state index is 4.67. The fourth-order valence-electron chi connectivity index (χ4n) is 0.224. The van der Waals surface area contributed by atoms with Gasteiger partial charge in [0, 0.05) is 38.4 Å². The second kappa shape index (κ2) is 29.3. The molecule has 0 amide bonds. The van der Waals surface area contributed by atoms with E-state index in [-0.39, 0.29) is 17.1 Å². The Bertz CT molecular complexity index is 130. The summed E-state index contributed by atoms with van der Waals surface area (Å²) >= 11 is 0. The van der Waals surface area contributed by atoms with Crippen LogP contribution in [0.4, 0.5) is 0 Å². The van der Waals surface area contributed by atoms with Gasteiger partial charge in [0.2, 0.25) is 0 Å². The van der Waals surface area contributed by atoms with Crippen molar-refractivity contribution in [3.05, 3.63) is 50.6 Å². The first-order valence-corrected chi connectivity index (χ1v) is 5.17. The Morgan fingerprint density at radius 2 is 0.875 bits per heavy atom. The van der Waals surface area contributed by atoms with Gasteiger partial charge in [-0.2, -0.15) is 0 Å². The third-order valence-electron chi connectivity index (χ3n) is 0.781. The van der Waals surface area contributed by atoms with Crippen LogP contribution in [0.2, 0.25) is 0 Å². The molecular weight excluding hydrogens is 266 g/mol. The van der Waals surface area contributed by atoms with Gasteiger partial charge in [-0.15, -0.1) is 0 Å². The maximum Gasteiger partial charge on any atom is 0.331 e. The Hall–Kier alpha value is -0.211. The van der Waals surface area contributed by atoms with E-state index in [9.17, 15) is 0 Å². The first-order chi connectivity index (χ1) is 7.17. The average Bonchev–Trinajstić information content (AvgIpc) is 2.32. The number of hydrogen-bond acceptors (Lipinski definition) is 3. The summed E-state index contributed by atoms with van der Waals surface area (Å²) in [5, 5.41) is 0. The topological polar surface area (TPSA) is 27.7 Å². The molecule has 16 heavy (non-hydrogen) atoms. The van der Waals surface area contributed by atoms with Crippen molar-refractivity contribution in [3.8, 4) is 0 Å². The van der Waals surface area contributed by atoms with Gasteiger partial charge in [-0.3, -0.25) is 0 Å². The van der Waals surface area contributed by atoms with E-state index in [1.54, 1.807) is 45.6 Å². The van der Waals surface area contributed by atoms with E-state index >= 15 is 0 Å². The summed E-state index contributed by atoms with van der Waals surface area (Å²) in [6.07, 6.45) is 6.56. The zero-order valence-electron chi connectivity index (χ0n) is 10.2. The van der Waals surface area contributed by atoms with Crippen LogP contribution in [0.5, 0.6) is 0 Å². The number of hydrogen-bond donors (Lipinski definition) is 0. The van der Waals surface area contributed by atoms with Gasteiger partial charge in [-0.1, -0.05) is 50.6 Å². The Balaban J connectivity index is -0.0000000700. The molecule has 0 aliphatic rings.